The Labute approximate surface area is 188 Å². The number of alkyl halides is 3. The first-order chi connectivity index (χ1) is 15.3. The molecule has 1 aromatic carbocycles. The molecule has 3 N–H and O–H groups in total. The summed E-state index contributed by atoms with van der Waals surface area (Å²) in [6.45, 7) is 5.99. The van der Waals surface area contributed by atoms with Crippen molar-refractivity contribution in [1.82, 2.24) is 15.5 Å². The van der Waals surface area contributed by atoms with Crippen LogP contribution in [-0.2, 0) is 20.8 Å². The highest BCUT2D eigenvalue weighted by Crippen LogP contribution is 2.29. The van der Waals surface area contributed by atoms with E-state index in [4.69, 9.17) is 14.9 Å². The number of benzene rings is 1. The van der Waals surface area contributed by atoms with Gasteiger partial charge in [0.15, 0.2) is 0 Å². The number of carbonyl (C=O) groups excluding carboxylic acids is 3. The lowest BCUT2D eigenvalue weighted by Crippen LogP contribution is -2.57. The molecule has 180 valence electrons. The zero-order valence-corrected chi connectivity index (χ0v) is 18.3. The number of hydrogen-bond acceptors (Lipinski definition) is 6. The second kappa shape index (κ2) is 9.00. The van der Waals surface area contributed by atoms with Gasteiger partial charge >= 0.3 is 18.2 Å². The Balaban J connectivity index is 1.74. The monoisotopic (exact) mass is 470 g/mol. The molecule has 1 fully saturated rings. The number of carbonyl (C=O) groups is 3. The second-order valence-corrected chi connectivity index (χ2v) is 8.82. The zero-order valence-electron chi connectivity index (χ0n) is 18.3. The van der Waals surface area contributed by atoms with Crippen LogP contribution in [0.2, 0.25) is 0 Å². The molecular formula is C21H25F3N4O5. The van der Waals surface area contributed by atoms with Gasteiger partial charge in [0.25, 0.3) is 5.91 Å². The molecule has 1 aromatic rings. The predicted octanol–water partition coefficient (Wildman–Crippen LogP) is 2.33. The fraction of sp³-hybridized carbons (Fsp3) is 0.524. The number of halogens is 3. The molecular weight excluding hydrogens is 445 g/mol. The molecule has 0 saturated carbocycles. The van der Waals surface area contributed by atoms with Gasteiger partial charge in [-0.05, 0) is 38.8 Å². The molecule has 0 spiro atoms. The smallest absolute Gasteiger partial charge is 0.444 e. The Morgan fingerprint density at radius 3 is 2.58 bits per heavy atom. The molecule has 3 amide bonds. The van der Waals surface area contributed by atoms with E-state index >= 15 is 0 Å². The van der Waals surface area contributed by atoms with Crippen LogP contribution in [-0.4, -0.2) is 65.7 Å². The molecule has 2 aliphatic rings. The van der Waals surface area contributed by atoms with Gasteiger partial charge in [0.05, 0.1) is 18.7 Å². The number of amides is 3. The normalized spacial score (nSPS) is 20.8. The first-order valence-corrected chi connectivity index (χ1v) is 10.2. The van der Waals surface area contributed by atoms with Crippen LogP contribution < -0.4 is 10.6 Å². The summed E-state index contributed by atoms with van der Waals surface area (Å²) >= 11 is 0. The van der Waals surface area contributed by atoms with Crippen LogP contribution >= 0.6 is 0 Å². The summed E-state index contributed by atoms with van der Waals surface area (Å²) in [5.74, 6) is -3.41. The predicted molar refractivity (Wildman–Crippen MR) is 110 cm³/mol. The van der Waals surface area contributed by atoms with Gasteiger partial charge in [-0.25, -0.2) is 4.79 Å². The van der Waals surface area contributed by atoms with Gasteiger partial charge in [-0.15, -0.1) is 0 Å². The maximum Gasteiger partial charge on any atom is 0.471 e. The molecule has 1 saturated heterocycles. The van der Waals surface area contributed by atoms with E-state index in [2.05, 4.69) is 5.32 Å². The van der Waals surface area contributed by atoms with Gasteiger partial charge in [-0.3, -0.25) is 15.0 Å². The third-order valence-electron chi connectivity index (χ3n) is 5.15. The minimum atomic E-state index is -5.13. The summed E-state index contributed by atoms with van der Waals surface area (Å²) in [6, 6.07) is 3.28. The van der Waals surface area contributed by atoms with Crippen LogP contribution in [0.25, 0.3) is 0 Å². The Hall–Kier alpha value is -3.15. The van der Waals surface area contributed by atoms with E-state index < -0.39 is 35.7 Å². The Bertz CT molecular complexity index is 974. The fourth-order valence-electron chi connectivity index (χ4n) is 3.70. The average Bonchev–Trinajstić information content (AvgIpc) is 3.02. The van der Waals surface area contributed by atoms with Crippen molar-refractivity contribution in [3.05, 3.63) is 34.9 Å². The van der Waals surface area contributed by atoms with Crippen molar-refractivity contribution in [2.45, 2.75) is 57.6 Å². The first kappa shape index (κ1) is 24.5. The summed E-state index contributed by atoms with van der Waals surface area (Å²) in [5, 5.41) is 12.0. The topological polar surface area (TPSA) is 121 Å². The minimum absolute atomic E-state index is 0.0306. The van der Waals surface area contributed by atoms with E-state index in [0.717, 1.165) is 0 Å². The van der Waals surface area contributed by atoms with Crippen molar-refractivity contribution in [2.24, 2.45) is 0 Å². The molecule has 0 aliphatic carbocycles. The van der Waals surface area contributed by atoms with Crippen molar-refractivity contribution in [3.63, 3.8) is 0 Å². The quantitative estimate of drug-likeness (QED) is 0.463. The van der Waals surface area contributed by atoms with E-state index in [0.29, 0.717) is 18.6 Å². The second-order valence-electron chi connectivity index (χ2n) is 8.82. The number of nitrogens with one attached hydrogen (secondary N) is 3. The average molecular weight is 470 g/mol. The van der Waals surface area contributed by atoms with Crippen molar-refractivity contribution >= 4 is 23.7 Å². The lowest BCUT2D eigenvalue weighted by atomic mass is 10.0. The van der Waals surface area contributed by atoms with Crippen molar-refractivity contribution in [1.29, 1.82) is 5.41 Å². The molecule has 33 heavy (non-hydrogen) atoms. The molecule has 2 heterocycles. The van der Waals surface area contributed by atoms with Crippen molar-refractivity contribution < 1.29 is 37.0 Å². The molecule has 12 heteroatoms. The third kappa shape index (κ3) is 5.81. The van der Waals surface area contributed by atoms with Crippen molar-refractivity contribution in [2.75, 3.05) is 13.2 Å². The summed E-state index contributed by atoms with van der Waals surface area (Å²) in [6.07, 6.45) is -5.30. The summed E-state index contributed by atoms with van der Waals surface area (Å²) in [4.78, 5) is 38.0. The number of ether oxygens (including phenoxy) is 2. The van der Waals surface area contributed by atoms with E-state index in [-0.39, 0.29) is 36.2 Å². The number of hydrogen-bond donors (Lipinski definition) is 3. The highest BCUT2D eigenvalue weighted by molar-refractivity contribution is 6.09. The number of amidine groups is 1. The number of alkyl carbamates (subject to hydrolysis) is 1. The van der Waals surface area contributed by atoms with Crippen LogP contribution in [0.3, 0.4) is 0 Å². The van der Waals surface area contributed by atoms with Crippen LogP contribution in [0.4, 0.5) is 18.0 Å². The highest BCUT2D eigenvalue weighted by atomic mass is 19.4. The van der Waals surface area contributed by atoms with Gasteiger partial charge in [-0.1, -0.05) is 12.1 Å². The van der Waals surface area contributed by atoms with E-state index in [1.54, 1.807) is 25.7 Å². The molecule has 3 rings (SSSR count). The summed E-state index contributed by atoms with van der Waals surface area (Å²) in [7, 11) is 0. The van der Waals surface area contributed by atoms with Gasteiger partial charge in [0, 0.05) is 24.3 Å². The Morgan fingerprint density at radius 1 is 1.24 bits per heavy atom. The molecule has 2 atom stereocenters. The first-order valence-electron chi connectivity index (χ1n) is 10.2. The summed E-state index contributed by atoms with van der Waals surface area (Å²) in [5.41, 5.74) is 0.121. The third-order valence-corrected chi connectivity index (χ3v) is 5.15. The zero-order chi connectivity index (χ0) is 24.6. The molecule has 9 nitrogen and oxygen atoms in total. The van der Waals surface area contributed by atoms with Crippen molar-refractivity contribution in [3.8, 4) is 0 Å². The molecule has 1 unspecified atom stereocenters. The largest absolute Gasteiger partial charge is 0.471 e. The van der Waals surface area contributed by atoms with Gasteiger partial charge in [0.2, 0.25) is 0 Å². The maximum atomic E-state index is 13.1. The molecule has 2 aliphatic heterocycles. The SMILES string of the molecule is CC(C)(C)OC(=O)N[C@@H]1COCCC1N1Cc2ccc(C(=N)NC(=O)C(F)(F)F)cc2C1=O. The van der Waals surface area contributed by atoms with Crippen LogP contribution in [0.5, 0.6) is 0 Å². The number of fused-ring (bicyclic) bond motifs is 1. The Kier molecular flexibility index (Phi) is 6.68. The minimum Gasteiger partial charge on any atom is -0.444 e. The van der Waals surface area contributed by atoms with Crippen LogP contribution in [0.15, 0.2) is 18.2 Å². The highest BCUT2D eigenvalue weighted by Gasteiger charge is 2.41. The number of rotatable bonds is 3. The standard InChI is InChI=1S/C21H25F3N4O5/c1-20(2,3)33-19(31)26-14-10-32-7-6-15(14)28-9-12-5-4-11(8-13(12)17(28)29)16(25)27-18(30)21(22,23)24/h4-5,8,14-15H,6-7,9-10H2,1-3H3,(H,26,31)(H2,25,27,30)/t14-,15?/m1/s1. The van der Waals surface area contributed by atoms with Gasteiger partial charge in [0.1, 0.15) is 11.4 Å². The van der Waals surface area contributed by atoms with Gasteiger partial charge in [-0.2, -0.15) is 13.2 Å². The molecule has 0 radical (unpaired) electrons. The molecule has 0 aromatic heterocycles. The Morgan fingerprint density at radius 2 is 1.94 bits per heavy atom. The van der Waals surface area contributed by atoms with E-state index in [1.807, 2.05) is 0 Å². The lowest BCUT2D eigenvalue weighted by Gasteiger charge is -2.38. The van der Waals surface area contributed by atoms with E-state index in [9.17, 15) is 27.6 Å². The summed E-state index contributed by atoms with van der Waals surface area (Å²) < 4.78 is 48.1. The van der Waals surface area contributed by atoms with Crippen LogP contribution in [0, 0.1) is 5.41 Å². The maximum absolute atomic E-state index is 13.1. The molecule has 0 bridgehead atoms. The van der Waals surface area contributed by atoms with Crippen LogP contribution in [0.1, 0.15) is 48.7 Å². The fourth-order valence-corrected chi connectivity index (χ4v) is 3.70. The lowest BCUT2D eigenvalue weighted by molar-refractivity contribution is -0.171. The van der Waals surface area contributed by atoms with E-state index in [1.165, 1.54) is 23.5 Å². The van der Waals surface area contributed by atoms with Gasteiger partial charge < -0.3 is 25.0 Å². The number of nitrogens with zero attached hydrogens (tertiary/aromatic N) is 1.